The minimum atomic E-state index is -3.21. The summed E-state index contributed by atoms with van der Waals surface area (Å²) >= 11 is 0. The molecule has 0 unspecified atom stereocenters. The second-order valence-corrected chi connectivity index (χ2v) is 8.72. The van der Waals surface area contributed by atoms with Gasteiger partial charge in [0.15, 0.2) is 15.8 Å². The highest BCUT2D eigenvalue weighted by atomic mass is 127. The number of sulfone groups is 1. The van der Waals surface area contributed by atoms with Gasteiger partial charge in [-0.1, -0.05) is 0 Å². The molecule has 2 heterocycles. The van der Waals surface area contributed by atoms with Gasteiger partial charge in [-0.25, -0.2) is 8.42 Å². The molecular formula is C16H30IN5O3S. The van der Waals surface area contributed by atoms with Crippen molar-refractivity contribution in [3.8, 4) is 0 Å². The fourth-order valence-electron chi connectivity index (χ4n) is 2.84. The van der Waals surface area contributed by atoms with Crippen LogP contribution in [0.2, 0.25) is 0 Å². The van der Waals surface area contributed by atoms with Crippen LogP contribution in [0.4, 0.5) is 0 Å². The molecule has 0 spiro atoms. The number of guanidine groups is 1. The van der Waals surface area contributed by atoms with Gasteiger partial charge < -0.3 is 15.4 Å². The molecular weight excluding hydrogens is 469 g/mol. The van der Waals surface area contributed by atoms with E-state index < -0.39 is 14.6 Å². The molecule has 10 heteroatoms. The lowest BCUT2D eigenvalue weighted by Gasteiger charge is -2.34. The molecule has 0 bridgehead atoms. The maximum Gasteiger partial charge on any atom is 0.191 e. The molecule has 8 nitrogen and oxygen atoms in total. The van der Waals surface area contributed by atoms with Crippen LogP contribution in [-0.4, -0.2) is 68.0 Å². The van der Waals surface area contributed by atoms with E-state index in [1.165, 1.54) is 6.26 Å². The van der Waals surface area contributed by atoms with Crippen molar-refractivity contribution in [2.24, 2.45) is 4.99 Å². The van der Waals surface area contributed by atoms with Crippen molar-refractivity contribution in [2.45, 2.75) is 37.5 Å². The maximum atomic E-state index is 12.3. The lowest BCUT2D eigenvalue weighted by molar-refractivity contribution is 0.0768. The maximum absolute atomic E-state index is 12.3. The summed E-state index contributed by atoms with van der Waals surface area (Å²) < 4.78 is 31.0. The Balaban J connectivity index is 0.00000338. The third-order valence-electron chi connectivity index (χ3n) is 4.48. The van der Waals surface area contributed by atoms with Crippen molar-refractivity contribution in [1.82, 2.24) is 20.4 Å². The van der Waals surface area contributed by atoms with Gasteiger partial charge in [-0.05, 0) is 32.3 Å². The van der Waals surface area contributed by atoms with E-state index in [9.17, 15) is 8.42 Å². The molecule has 1 fully saturated rings. The number of rotatable bonds is 8. The molecule has 2 rings (SSSR count). The van der Waals surface area contributed by atoms with E-state index in [4.69, 9.17) is 4.74 Å². The summed E-state index contributed by atoms with van der Waals surface area (Å²) in [6.07, 6.45) is 6.88. The van der Waals surface area contributed by atoms with E-state index in [0.29, 0.717) is 32.0 Å². The van der Waals surface area contributed by atoms with Crippen LogP contribution < -0.4 is 10.6 Å². The fraction of sp³-hybridized carbons (Fsp3) is 0.750. The Bertz CT molecular complexity index is 643. The molecule has 0 radical (unpaired) electrons. The van der Waals surface area contributed by atoms with E-state index >= 15 is 0 Å². The van der Waals surface area contributed by atoms with Crippen LogP contribution in [0.3, 0.4) is 0 Å². The monoisotopic (exact) mass is 499 g/mol. The topological polar surface area (TPSA) is 97.6 Å². The van der Waals surface area contributed by atoms with E-state index in [1.807, 2.05) is 23.9 Å². The Labute approximate surface area is 173 Å². The first-order chi connectivity index (χ1) is 12.0. The van der Waals surface area contributed by atoms with E-state index in [1.54, 1.807) is 6.20 Å². The highest BCUT2D eigenvalue weighted by molar-refractivity contribution is 14.0. The van der Waals surface area contributed by atoms with Gasteiger partial charge in [0.25, 0.3) is 0 Å². The zero-order valence-electron chi connectivity index (χ0n) is 15.5. The average Bonchev–Trinajstić information content (AvgIpc) is 3.09. The lowest BCUT2D eigenvalue weighted by atomic mass is 9.99. The van der Waals surface area contributed by atoms with E-state index in [0.717, 1.165) is 26.1 Å². The van der Waals surface area contributed by atoms with Crippen molar-refractivity contribution in [2.75, 3.05) is 39.1 Å². The van der Waals surface area contributed by atoms with Gasteiger partial charge in [0.2, 0.25) is 0 Å². The Morgan fingerprint density at radius 2 is 2.08 bits per heavy atom. The summed E-state index contributed by atoms with van der Waals surface area (Å²) in [4.78, 5) is 4.55. The minimum absolute atomic E-state index is 0. The lowest BCUT2D eigenvalue weighted by Crippen LogP contribution is -2.47. The number of hydrogen-bond acceptors (Lipinski definition) is 5. The number of nitrogens with one attached hydrogen (secondary N) is 2. The Morgan fingerprint density at radius 1 is 1.35 bits per heavy atom. The normalized spacial score (nSPS) is 17.4. The number of aryl methyl sites for hydroxylation is 1. The van der Waals surface area contributed by atoms with E-state index in [-0.39, 0.29) is 30.5 Å². The molecule has 1 aliphatic heterocycles. The molecule has 26 heavy (non-hydrogen) atoms. The third-order valence-corrected chi connectivity index (χ3v) is 6.59. The van der Waals surface area contributed by atoms with Crippen LogP contribution >= 0.6 is 24.0 Å². The average molecular weight is 499 g/mol. The first-order valence-corrected chi connectivity index (χ1v) is 10.6. The summed E-state index contributed by atoms with van der Waals surface area (Å²) in [6, 6.07) is 1.90. The van der Waals surface area contributed by atoms with Gasteiger partial charge in [-0.2, -0.15) is 5.10 Å². The Hall–Kier alpha value is -0.880. The van der Waals surface area contributed by atoms with Crippen molar-refractivity contribution in [1.29, 1.82) is 0 Å². The number of halogens is 1. The molecule has 1 aromatic heterocycles. The smallest absolute Gasteiger partial charge is 0.191 e. The first-order valence-electron chi connectivity index (χ1n) is 8.74. The molecule has 0 aromatic carbocycles. The van der Waals surface area contributed by atoms with Crippen LogP contribution in [0.1, 0.15) is 26.2 Å². The Morgan fingerprint density at radius 3 is 2.65 bits per heavy atom. The number of ether oxygens (including phenoxy) is 1. The number of aliphatic imine (C=N–C) groups is 1. The minimum Gasteiger partial charge on any atom is -0.381 e. The molecule has 1 aliphatic rings. The zero-order valence-corrected chi connectivity index (χ0v) is 18.6. The zero-order chi connectivity index (χ0) is 18.2. The molecule has 0 aliphatic carbocycles. The second-order valence-electron chi connectivity index (χ2n) is 6.31. The first kappa shape index (κ1) is 23.2. The molecule has 1 saturated heterocycles. The Kier molecular flexibility index (Phi) is 9.86. The van der Waals surface area contributed by atoms with Crippen LogP contribution in [0.15, 0.2) is 23.5 Å². The highest BCUT2D eigenvalue weighted by Crippen LogP contribution is 2.29. The molecule has 1 aromatic rings. The van der Waals surface area contributed by atoms with Crippen LogP contribution in [0.5, 0.6) is 0 Å². The van der Waals surface area contributed by atoms with Gasteiger partial charge in [0.1, 0.15) is 0 Å². The quantitative estimate of drug-likeness (QED) is 0.240. The predicted octanol–water partition coefficient (Wildman–Crippen LogP) is 1.04. The van der Waals surface area contributed by atoms with Crippen molar-refractivity contribution >= 4 is 39.8 Å². The van der Waals surface area contributed by atoms with Gasteiger partial charge in [-0.3, -0.25) is 9.67 Å². The SMILES string of the molecule is CCNC(=NCC1(S(C)(=O)=O)CCOCC1)NCCCn1cccn1.I. The van der Waals surface area contributed by atoms with Gasteiger partial charge in [0.05, 0.1) is 11.3 Å². The molecule has 0 saturated carbocycles. The third kappa shape index (κ3) is 6.69. The number of hydrogen-bond donors (Lipinski definition) is 2. The summed E-state index contributed by atoms with van der Waals surface area (Å²) in [7, 11) is -3.21. The summed E-state index contributed by atoms with van der Waals surface area (Å²) in [6.45, 7) is 5.46. The van der Waals surface area contributed by atoms with Crippen LogP contribution in [0, 0.1) is 0 Å². The summed E-state index contributed by atoms with van der Waals surface area (Å²) in [5.41, 5.74) is 0. The standard InChI is InChI=1S/C16H29N5O3S.HI/c1-3-17-15(18-8-4-10-21-11-5-9-20-21)19-14-16(25(2,22)23)6-12-24-13-7-16;/h5,9,11H,3-4,6-8,10,12-14H2,1-2H3,(H2,17,18,19);1H. The second kappa shape index (κ2) is 11.1. The molecule has 0 atom stereocenters. The number of aromatic nitrogens is 2. The predicted molar refractivity (Wildman–Crippen MR) is 114 cm³/mol. The van der Waals surface area contributed by atoms with Gasteiger partial charge in [0, 0.05) is 51.5 Å². The summed E-state index contributed by atoms with van der Waals surface area (Å²) in [5.74, 6) is 0.650. The molecule has 0 amide bonds. The summed E-state index contributed by atoms with van der Waals surface area (Å²) in [5, 5.41) is 10.6. The fourth-order valence-corrected chi connectivity index (χ4v) is 4.04. The largest absolute Gasteiger partial charge is 0.381 e. The van der Waals surface area contributed by atoms with Gasteiger partial charge >= 0.3 is 0 Å². The van der Waals surface area contributed by atoms with Crippen LogP contribution in [0.25, 0.3) is 0 Å². The van der Waals surface area contributed by atoms with Crippen molar-refractivity contribution < 1.29 is 13.2 Å². The van der Waals surface area contributed by atoms with Crippen molar-refractivity contribution in [3.05, 3.63) is 18.5 Å². The number of nitrogens with zero attached hydrogens (tertiary/aromatic N) is 3. The molecule has 150 valence electrons. The van der Waals surface area contributed by atoms with E-state index in [2.05, 4.69) is 20.7 Å². The highest BCUT2D eigenvalue weighted by Gasteiger charge is 2.42. The van der Waals surface area contributed by atoms with Crippen LogP contribution in [-0.2, 0) is 21.1 Å². The van der Waals surface area contributed by atoms with Gasteiger partial charge in [-0.15, -0.1) is 24.0 Å². The van der Waals surface area contributed by atoms with Crippen molar-refractivity contribution in [3.63, 3.8) is 0 Å². The molecule has 2 N–H and O–H groups in total.